The maximum Gasteiger partial charge on any atom is 0.0517 e. The first-order valence-electron chi connectivity index (χ1n) is 5.99. The van der Waals surface area contributed by atoms with Crippen molar-refractivity contribution < 1.29 is 0 Å². The van der Waals surface area contributed by atoms with E-state index in [2.05, 4.69) is 64.4 Å². The summed E-state index contributed by atoms with van der Waals surface area (Å²) in [5.74, 6) is 0. The van der Waals surface area contributed by atoms with Gasteiger partial charge in [0.15, 0.2) is 0 Å². The molecule has 0 fully saturated rings. The Labute approximate surface area is 97.5 Å². The Balaban J connectivity index is 3.04. The van der Waals surface area contributed by atoms with Gasteiger partial charge in [-0.05, 0) is 18.0 Å². The molecule has 1 rings (SSSR count). The average molecular weight is 239 g/mol. The molecule has 1 aliphatic rings. The van der Waals surface area contributed by atoms with E-state index in [-0.39, 0.29) is 0 Å². The Hall–Kier alpha value is -0.0862. The van der Waals surface area contributed by atoms with Crippen molar-refractivity contribution in [1.29, 1.82) is 0 Å². The zero-order chi connectivity index (χ0) is 11.9. The lowest BCUT2D eigenvalue weighted by molar-refractivity contribution is 0.920. The molecule has 0 aliphatic heterocycles. The molecule has 0 aromatic heterocycles. The molecule has 0 heterocycles. The fourth-order valence-electron chi connectivity index (χ4n) is 2.43. The highest BCUT2D eigenvalue weighted by Gasteiger charge is 2.38. The first-order chi connectivity index (χ1) is 6.62. The molecule has 0 aromatic carbocycles. The summed E-state index contributed by atoms with van der Waals surface area (Å²) < 4.78 is 0. The van der Waals surface area contributed by atoms with Gasteiger partial charge in [-0.25, -0.2) is 0 Å². The van der Waals surface area contributed by atoms with Gasteiger partial charge in [-0.15, -0.1) is 0 Å². The lowest BCUT2D eigenvalue weighted by atomic mass is 10.1. The van der Waals surface area contributed by atoms with E-state index in [1.165, 1.54) is 5.57 Å². The second-order valence-electron chi connectivity index (χ2n) is 7.05. The van der Waals surface area contributed by atoms with Crippen molar-refractivity contribution >= 4 is 16.1 Å². The molecule has 0 saturated carbocycles. The molecule has 0 N–H and O–H groups in total. The van der Waals surface area contributed by atoms with Crippen molar-refractivity contribution in [2.75, 3.05) is 0 Å². The number of allylic oxidation sites excluding steroid dienone is 4. The lowest BCUT2D eigenvalue weighted by Gasteiger charge is -2.41. The van der Waals surface area contributed by atoms with Crippen LogP contribution in [0.2, 0.25) is 50.4 Å². The molecular weight excluding hydrogens is 212 g/mol. The van der Waals surface area contributed by atoms with E-state index in [1.54, 1.807) is 0 Å². The van der Waals surface area contributed by atoms with Gasteiger partial charge in [0.05, 0.1) is 16.1 Å². The van der Waals surface area contributed by atoms with E-state index in [0.29, 0.717) is 0 Å². The van der Waals surface area contributed by atoms with E-state index >= 15 is 0 Å². The van der Waals surface area contributed by atoms with Crippen molar-refractivity contribution in [3.8, 4) is 0 Å². The minimum Gasteiger partial charge on any atom is -0.0835 e. The molecule has 1 aliphatic carbocycles. The van der Waals surface area contributed by atoms with Gasteiger partial charge in [-0.1, -0.05) is 63.1 Å². The van der Waals surface area contributed by atoms with Crippen LogP contribution in [0.3, 0.4) is 0 Å². The molecule has 0 aromatic rings. The van der Waals surface area contributed by atoms with Crippen molar-refractivity contribution in [3.63, 3.8) is 0 Å². The third kappa shape index (κ3) is 3.18. The largest absolute Gasteiger partial charge is 0.0835 e. The van der Waals surface area contributed by atoms with Gasteiger partial charge in [-0.3, -0.25) is 0 Å². The van der Waals surface area contributed by atoms with Crippen LogP contribution in [-0.2, 0) is 0 Å². The van der Waals surface area contributed by atoms with Crippen LogP contribution in [0.1, 0.15) is 6.92 Å². The fraction of sp³-hybridized carbons (Fsp3) is 0.692. The Kier molecular flexibility index (Phi) is 3.51. The molecule has 2 unspecified atom stereocenters. The molecule has 0 amide bonds. The van der Waals surface area contributed by atoms with Crippen LogP contribution in [0.25, 0.3) is 0 Å². The van der Waals surface area contributed by atoms with Crippen molar-refractivity contribution in [3.05, 3.63) is 23.8 Å². The highest BCUT2D eigenvalue weighted by atomic mass is 28.3. The molecule has 15 heavy (non-hydrogen) atoms. The van der Waals surface area contributed by atoms with Gasteiger partial charge in [0.2, 0.25) is 0 Å². The zero-order valence-corrected chi connectivity index (χ0v) is 13.4. The summed E-state index contributed by atoms with van der Waals surface area (Å²) in [6.07, 6.45) is 7.39. The van der Waals surface area contributed by atoms with Crippen molar-refractivity contribution in [2.24, 2.45) is 0 Å². The summed E-state index contributed by atoms with van der Waals surface area (Å²) in [6, 6.07) is 0. The predicted octanol–water partition coefficient (Wildman–Crippen LogP) is 4.92. The topological polar surface area (TPSA) is 0 Å². The van der Waals surface area contributed by atoms with E-state index in [1.807, 2.05) is 0 Å². The second kappa shape index (κ2) is 4.06. The molecule has 0 saturated heterocycles. The summed E-state index contributed by atoms with van der Waals surface area (Å²) >= 11 is 0. The third-order valence-corrected chi connectivity index (χ3v) is 8.81. The Bertz CT molecular complexity index is 287. The Morgan fingerprint density at radius 3 is 1.73 bits per heavy atom. The smallest absolute Gasteiger partial charge is 0.0517 e. The van der Waals surface area contributed by atoms with E-state index < -0.39 is 16.1 Å². The normalized spacial score (nSPS) is 27.8. The van der Waals surface area contributed by atoms with Crippen LogP contribution in [0.5, 0.6) is 0 Å². The minimum atomic E-state index is -1.06. The first-order valence-corrected chi connectivity index (χ1v) is 13.1. The van der Waals surface area contributed by atoms with E-state index in [4.69, 9.17) is 0 Å². The van der Waals surface area contributed by atoms with Crippen LogP contribution in [0.15, 0.2) is 23.8 Å². The Morgan fingerprint density at radius 2 is 1.33 bits per heavy atom. The lowest BCUT2D eigenvalue weighted by Crippen LogP contribution is -2.40. The van der Waals surface area contributed by atoms with E-state index in [9.17, 15) is 0 Å². The molecule has 2 heteroatoms. The SMILES string of the molecule is CC1=CC([Si](C)(C)C)C([Si](C)(C)C)C=C1. The molecule has 0 nitrogen and oxygen atoms in total. The summed E-state index contributed by atoms with van der Waals surface area (Å²) in [6.45, 7) is 17.3. The highest BCUT2D eigenvalue weighted by molar-refractivity contribution is 6.84. The maximum absolute atomic E-state index is 2.55. The zero-order valence-electron chi connectivity index (χ0n) is 11.4. The van der Waals surface area contributed by atoms with Gasteiger partial charge in [-0.2, -0.15) is 0 Å². The maximum atomic E-state index is 2.55. The number of rotatable bonds is 2. The van der Waals surface area contributed by atoms with Crippen LogP contribution in [-0.4, -0.2) is 16.1 Å². The minimum absolute atomic E-state index is 0.855. The standard InChI is InChI=1S/C13H26Si2/c1-11-8-9-12(14(2,3)4)13(10-11)15(5,6)7/h8-10,12-13H,1-7H3. The highest BCUT2D eigenvalue weighted by Crippen LogP contribution is 2.45. The molecule has 0 bridgehead atoms. The third-order valence-electron chi connectivity index (χ3n) is 3.40. The van der Waals surface area contributed by atoms with Crippen LogP contribution < -0.4 is 0 Å². The molecule has 86 valence electrons. The predicted molar refractivity (Wildman–Crippen MR) is 77.1 cm³/mol. The number of hydrogen-bond donors (Lipinski definition) is 0. The average Bonchev–Trinajstić information content (AvgIpc) is 2.00. The van der Waals surface area contributed by atoms with Crippen LogP contribution >= 0.6 is 0 Å². The van der Waals surface area contributed by atoms with Gasteiger partial charge >= 0.3 is 0 Å². The van der Waals surface area contributed by atoms with Gasteiger partial charge in [0, 0.05) is 0 Å². The molecule has 2 atom stereocenters. The summed E-state index contributed by atoms with van der Waals surface area (Å²) in [5.41, 5.74) is 3.18. The second-order valence-corrected chi connectivity index (χ2v) is 17.9. The molecule has 0 spiro atoms. The Morgan fingerprint density at radius 1 is 0.867 bits per heavy atom. The van der Waals surface area contributed by atoms with Crippen LogP contribution in [0, 0.1) is 0 Å². The van der Waals surface area contributed by atoms with Crippen LogP contribution in [0.4, 0.5) is 0 Å². The van der Waals surface area contributed by atoms with Crippen molar-refractivity contribution in [2.45, 2.75) is 57.3 Å². The van der Waals surface area contributed by atoms with E-state index in [0.717, 1.165) is 11.1 Å². The monoisotopic (exact) mass is 238 g/mol. The number of hydrogen-bond acceptors (Lipinski definition) is 0. The van der Waals surface area contributed by atoms with Gasteiger partial charge in [0.25, 0.3) is 0 Å². The van der Waals surface area contributed by atoms with Crippen molar-refractivity contribution in [1.82, 2.24) is 0 Å². The van der Waals surface area contributed by atoms with Gasteiger partial charge < -0.3 is 0 Å². The summed E-state index contributed by atoms with van der Waals surface area (Å²) in [4.78, 5) is 0. The molecule has 0 radical (unpaired) electrons. The summed E-state index contributed by atoms with van der Waals surface area (Å²) in [7, 11) is -2.12. The fourth-order valence-corrected chi connectivity index (χ4v) is 9.23. The molecular formula is C13H26Si2. The summed E-state index contributed by atoms with van der Waals surface area (Å²) in [5, 5.41) is 0. The first kappa shape index (κ1) is 13.0. The quantitative estimate of drug-likeness (QED) is 0.599. The van der Waals surface area contributed by atoms with Gasteiger partial charge in [0.1, 0.15) is 0 Å².